The van der Waals surface area contributed by atoms with Crippen LogP contribution in [0.15, 0.2) is 72.8 Å². The van der Waals surface area contributed by atoms with Crippen LogP contribution in [-0.2, 0) is 4.79 Å². The van der Waals surface area contributed by atoms with Crippen molar-refractivity contribution in [1.82, 2.24) is 5.32 Å². The maximum absolute atomic E-state index is 12.6. The second kappa shape index (κ2) is 8.74. The van der Waals surface area contributed by atoms with E-state index in [9.17, 15) is 4.79 Å². The highest BCUT2D eigenvalue weighted by Crippen LogP contribution is 2.25. The van der Waals surface area contributed by atoms with Gasteiger partial charge in [-0.05, 0) is 54.3 Å². The van der Waals surface area contributed by atoms with E-state index in [1.807, 2.05) is 74.5 Å². The number of hydrogen-bond acceptors (Lipinski definition) is 2. The molecule has 0 aliphatic heterocycles. The van der Waals surface area contributed by atoms with Gasteiger partial charge in [-0.3, -0.25) is 4.79 Å². The predicted molar refractivity (Wildman–Crippen MR) is 109 cm³/mol. The maximum atomic E-state index is 12.6. The topological polar surface area (TPSA) is 38.3 Å². The van der Waals surface area contributed by atoms with Crippen LogP contribution in [0.3, 0.4) is 0 Å². The molecule has 1 amide bonds. The molecule has 3 aromatic carbocycles. The van der Waals surface area contributed by atoms with Crippen LogP contribution in [0.5, 0.6) is 5.75 Å². The summed E-state index contributed by atoms with van der Waals surface area (Å²) in [6, 6.07) is 23.1. The average Bonchev–Trinajstić information content (AvgIpc) is 2.68. The Bertz CT molecular complexity index is 925. The minimum Gasteiger partial charge on any atom is -0.484 e. The van der Waals surface area contributed by atoms with E-state index in [0.29, 0.717) is 10.8 Å². The highest BCUT2D eigenvalue weighted by atomic mass is 35.5. The van der Waals surface area contributed by atoms with Crippen molar-refractivity contribution in [2.75, 3.05) is 6.61 Å². The van der Waals surface area contributed by atoms with Crippen molar-refractivity contribution in [2.45, 2.75) is 19.9 Å². The Hall–Kier alpha value is -2.78. The fourth-order valence-electron chi connectivity index (χ4n) is 2.96. The van der Waals surface area contributed by atoms with Crippen LogP contribution in [0, 0.1) is 13.8 Å². The molecule has 3 rings (SSSR count). The molecule has 0 heterocycles. The summed E-state index contributed by atoms with van der Waals surface area (Å²) in [6.45, 7) is 3.89. The zero-order valence-electron chi connectivity index (χ0n) is 15.4. The zero-order valence-corrected chi connectivity index (χ0v) is 16.2. The fraction of sp³-hybridized carbons (Fsp3) is 0.174. The van der Waals surface area contributed by atoms with Crippen LogP contribution in [0.1, 0.15) is 28.3 Å². The number of halogens is 1. The Morgan fingerprint density at radius 2 is 1.67 bits per heavy atom. The Balaban J connectivity index is 1.75. The number of ether oxygens (including phenoxy) is 1. The van der Waals surface area contributed by atoms with E-state index in [1.165, 1.54) is 0 Å². The highest BCUT2D eigenvalue weighted by Gasteiger charge is 2.18. The van der Waals surface area contributed by atoms with Gasteiger partial charge < -0.3 is 10.1 Å². The molecule has 0 saturated carbocycles. The number of benzene rings is 3. The van der Waals surface area contributed by atoms with Gasteiger partial charge >= 0.3 is 0 Å². The van der Waals surface area contributed by atoms with Crippen molar-refractivity contribution in [3.63, 3.8) is 0 Å². The summed E-state index contributed by atoms with van der Waals surface area (Å²) in [5.41, 5.74) is 4.14. The summed E-state index contributed by atoms with van der Waals surface area (Å²) in [6.07, 6.45) is 0. The Morgan fingerprint density at radius 3 is 2.37 bits per heavy atom. The number of aryl methyl sites for hydroxylation is 2. The van der Waals surface area contributed by atoms with Crippen LogP contribution in [0.2, 0.25) is 5.02 Å². The van der Waals surface area contributed by atoms with Crippen LogP contribution in [0.4, 0.5) is 0 Å². The van der Waals surface area contributed by atoms with Crippen molar-refractivity contribution in [1.29, 1.82) is 0 Å². The molecule has 0 fully saturated rings. The molecule has 0 aliphatic carbocycles. The van der Waals surface area contributed by atoms with Crippen LogP contribution >= 0.6 is 11.6 Å². The molecule has 0 bridgehead atoms. The summed E-state index contributed by atoms with van der Waals surface area (Å²) in [7, 11) is 0. The van der Waals surface area contributed by atoms with Gasteiger partial charge in [0, 0.05) is 5.02 Å². The second-order valence-electron chi connectivity index (χ2n) is 6.47. The molecular formula is C23H22ClNO2. The minimum atomic E-state index is -0.226. The summed E-state index contributed by atoms with van der Waals surface area (Å²) < 4.78 is 5.64. The summed E-state index contributed by atoms with van der Waals surface area (Å²) in [5.74, 6) is 0.443. The summed E-state index contributed by atoms with van der Waals surface area (Å²) in [4.78, 5) is 12.6. The maximum Gasteiger partial charge on any atom is 0.258 e. The van der Waals surface area contributed by atoms with E-state index < -0.39 is 0 Å². The number of nitrogens with one attached hydrogen (secondary N) is 1. The molecule has 3 nitrogen and oxygen atoms in total. The zero-order chi connectivity index (χ0) is 19.2. The van der Waals surface area contributed by atoms with Gasteiger partial charge in [0.2, 0.25) is 0 Å². The lowest BCUT2D eigenvalue weighted by molar-refractivity contribution is -0.123. The first-order valence-electron chi connectivity index (χ1n) is 8.83. The number of rotatable bonds is 6. The third-order valence-corrected chi connectivity index (χ3v) is 4.86. The van der Waals surface area contributed by atoms with E-state index in [-0.39, 0.29) is 18.6 Å². The molecule has 3 aromatic rings. The third kappa shape index (κ3) is 4.89. The summed E-state index contributed by atoms with van der Waals surface area (Å²) in [5, 5.41) is 3.77. The number of carbonyl (C=O) groups excluding carboxylic acids is 1. The standard InChI is InChI=1S/C23H22ClNO2/c1-16-8-6-7-11-20(16)23(18-9-4-3-5-10-18)25-22(26)15-27-19-12-13-21(24)17(2)14-19/h3-14,23H,15H2,1-2H3,(H,25,26)/t23-/m1/s1. The van der Waals surface area contributed by atoms with E-state index in [2.05, 4.69) is 5.32 Å². The largest absolute Gasteiger partial charge is 0.484 e. The van der Waals surface area contributed by atoms with E-state index in [1.54, 1.807) is 12.1 Å². The van der Waals surface area contributed by atoms with E-state index >= 15 is 0 Å². The first-order valence-corrected chi connectivity index (χ1v) is 9.21. The lowest BCUT2D eigenvalue weighted by Crippen LogP contribution is -2.33. The second-order valence-corrected chi connectivity index (χ2v) is 6.87. The highest BCUT2D eigenvalue weighted by molar-refractivity contribution is 6.31. The van der Waals surface area contributed by atoms with Crippen molar-refractivity contribution in [3.8, 4) is 5.75 Å². The Kier molecular flexibility index (Phi) is 6.15. The van der Waals surface area contributed by atoms with Gasteiger partial charge in [-0.25, -0.2) is 0 Å². The van der Waals surface area contributed by atoms with Gasteiger partial charge in [0.1, 0.15) is 5.75 Å². The van der Waals surface area contributed by atoms with Gasteiger partial charge in [0.05, 0.1) is 6.04 Å². The predicted octanol–water partition coefficient (Wildman–Crippen LogP) is 5.24. The first kappa shape index (κ1) is 19.0. The van der Waals surface area contributed by atoms with Crippen molar-refractivity contribution >= 4 is 17.5 Å². The van der Waals surface area contributed by atoms with Crippen molar-refractivity contribution < 1.29 is 9.53 Å². The molecule has 0 aliphatic rings. The normalized spacial score (nSPS) is 11.7. The molecule has 4 heteroatoms. The van der Waals surface area contributed by atoms with Gasteiger partial charge in [-0.2, -0.15) is 0 Å². The quantitative estimate of drug-likeness (QED) is 0.635. The lowest BCUT2D eigenvalue weighted by atomic mass is 9.95. The number of amides is 1. The molecule has 1 N–H and O–H groups in total. The molecule has 0 aromatic heterocycles. The molecular weight excluding hydrogens is 358 g/mol. The third-order valence-electron chi connectivity index (χ3n) is 4.44. The minimum absolute atomic E-state index is 0.0592. The molecule has 27 heavy (non-hydrogen) atoms. The van der Waals surface area contributed by atoms with Crippen molar-refractivity contribution in [3.05, 3.63) is 100 Å². The monoisotopic (exact) mass is 379 g/mol. The molecule has 0 unspecified atom stereocenters. The molecule has 0 radical (unpaired) electrons. The van der Waals surface area contributed by atoms with E-state index in [0.717, 1.165) is 22.3 Å². The van der Waals surface area contributed by atoms with Crippen LogP contribution in [0.25, 0.3) is 0 Å². The lowest BCUT2D eigenvalue weighted by Gasteiger charge is -2.22. The smallest absolute Gasteiger partial charge is 0.258 e. The van der Waals surface area contributed by atoms with Crippen LogP contribution < -0.4 is 10.1 Å². The molecule has 0 spiro atoms. The average molecular weight is 380 g/mol. The van der Waals surface area contributed by atoms with Crippen LogP contribution in [-0.4, -0.2) is 12.5 Å². The van der Waals surface area contributed by atoms with Gasteiger partial charge in [-0.1, -0.05) is 66.2 Å². The molecule has 138 valence electrons. The molecule has 1 atom stereocenters. The Labute approximate surface area is 164 Å². The molecule has 0 saturated heterocycles. The SMILES string of the molecule is Cc1cc(OCC(=O)N[C@H](c2ccccc2)c2ccccc2C)ccc1Cl. The fourth-order valence-corrected chi connectivity index (χ4v) is 3.07. The Morgan fingerprint density at radius 1 is 0.963 bits per heavy atom. The van der Waals surface area contributed by atoms with Gasteiger partial charge in [-0.15, -0.1) is 0 Å². The first-order chi connectivity index (χ1) is 13.0. The van der Waals surface area contributed by atoms with Crippen molar-refractivity contribution in [2.24, 2.45) is 0 Å². The number of hydrogen-bond donors (Lipinski definition) is 1. The van der Waals surface area contributed by atoms with E-state index in [4.69, 9.17) is 16.3 Å². The van der Waals surface area contributed by atoms with Gasteiger partial charge in [0.15, 0.2) is 6.61 Å². The number of carbonyl (C=O) groups is 1. The summed E-state index contributed by atoms with van der Waals surface area (Å²) >= 11 is 6.03. The van der Waals surface area contributed by atoms with Gasteiger partial charge in [0.25, 0.3) is 5.91 Å².